The predicted octanol–water partition coefficient (Wildman–Crippen LogP) is 7.78. The van der Waals surface area contributed by atoms with Crippen molar-refractivity contribution >= 4 is 11.9 Å². The van der Waals surface area contributed by atoms with Gasteiger partial charge in [0.05, 0.1) is 25.6 Å². The Hall–Kier alpha value is -1.84. The van der Waals surface area contributed by atoms with Crippen LogP contribution in [0, 0.1) is 5.92 Å². The Kier molecular flexibility index (Phi) is 15.6. The minimum absolute atomic E-state index is 0.0487. The molecule has 1 aromatic rings. The highest BCUT2D eigenvalue weighted by Crippen LogP contribution is 2.35. The van der Waals surface area contributed by atoms with Gasteiger partial charge in [-0.2, -0.15) is 0 Å². The molecule has 0 aliphatic carbocycles. The van der Waals surface area contributed by atoms with Crippen molar-refractivity contribution in [3.63, 3.8) is 0 Å². The zero-order valence-electron chi connectivity index (χ0n) is 21.7. The molecule has 0 saturated carbocycles. The summed E-state index contributed by atoms with van der Waals surface area (Å²) in [5.74, 6) is -1.18. The minimum Gasteiger partial charge on any atom is -0.466 e. The molecule has 0 saturated heterocycles. The summed E-state index contributed by atoms with van der Waals surface area (Å²) >= 11 is 0. The average molecular weight is 461 g/mol. The van der Waals surface area contributed by atoms with E-state index in [-0.39, 0.29) is 18.4 Å². The van der Waals surface area contributed by atoms with E-state index in [2.05, 4.69) is 13.8 Å². The number of hydrogen-bond donors (Lipinski definition) is 0. The SMILES string of the molecule is CCCCCCCCOC(=O)CC(C(=O)OCCCCCCCC)C(C)(C)c1ccccc1. The third-order valence-corrected chi connectivity index (χ3v) is 6.55. The molecular weight excluding hydrogens is 412 g/mol. The van der Waals surface area contributed by atoms with E-state index < -0.39 is 11.3 Å². The fourth-order valence-electron chi connectivity index (χ4n) is 4.15. The van der Waals surface area contributed by atoms with Gasteiger partial charge in [-0.05, 0) is 18.4 Å². The van der Waals surface area contributed by atoms with E-state index in [4.69, 9.17) is 9.47 Å². The van der Waals surface area contributed by atoms with Crippen LogP contribution in [0.3, 0.4) is 0 Å². The van der Waals surface area contributed by atoms with E-state index in [1.165, 1.54) is 51.4 Å². The van der Waals surface area contributed by atoms with E-state index in [0.29, 0.717) is 13.2 Å². The van der Waals surface area contributed by atoms with Crippen molar-refractivity contribution in [3.05, 3.63) is 35.9 Å². The predicted molar refractivity (Wildman–Crippen MR) is 136 cm³/mol. The van der Waals surface area contributed by atoms with Gasteiger partial charge < -0.3 is 9.47 Å². The third-order valence-electron chi connectivity index (χ3n) is 6.55. The molecule has 4 heteroatoms. The van der Waals surface area contributed by atoms with Crippen LogP contribution in [-0.4, -0.2) is 25.2 Å². The maximum absolute atomic E-state index is 13.1. The summed E-state index contributed by atoms with van der Waals surface area (Å²) in [7, 11) is 0. The summed E-state index contributed by atoms with van der Waals surface area (Å²) in [5.41, 5.74) is 0.494. The van der Waals surface area contributed by atoms with E-state index in [1.807, 2.05) is 44.2 Å². The van der Waals surface area contributed by atoms with Gasteiger partial charge in [0.2, 0.25) is 0 Å². The quantitative estimate of drug-likeness (QED) is 0.156. The number of rotatable bonds is 19. The van der Waals surface area contributed by atoms with Crippen molar-refractivity contribution in [2.75, 3.05) is 13.2 Å². The van der Waals surface area contributed by atoms with Crippen molar-refractivity contribution in [1.29, 1.82) is 0 Å². The lowest BCUT2D eigenvalue weighted by molar-refractivity contribution is -0.157. The monoisotopic (exact) mass is 460 g/mol. The zero-order valence-corrected chi connectivity index (χ0v) is 21.7. The van der Waals surface area contributed by atoms with Gasteiger partial charge in [-0.3, -0.25) is 9.59 Å². The van der Waals surface area contributed by atoms with Gasteiger partial charge in [-0.1, -0.05) is 122 Å². The van der Waals surface area contributed by atoms with Crippen LogP contribution in [0.2, 0.25) is 0 Å². The molecule has 1 unspecified atom stereocenters. The summed E-state index contributed by atoms with van der Waals surface area (Å²) in [5, 5.41) is 0. The maximum Gasteiger partial charge on any atom is 0.310 e. The molecule has 1 atom stereocenters. The second-order valence-corrected chi connectivity index (χ2v) is 9.77. The summed E-state index contributed by atoms with van der Waals surface area (Å²) in [6.07, 6.45) is 13.7. The number of benzene rings is 1. The number of hydrogen-bond acceptors (Lipinski definition) is 4. The average Bonchev–Trinajstić information content (AvgIpc) is 2.81. The summed E-state index contributed by atoms with van der Waals surface area (Å²) < 4.78 is 11.1. The Labute approximate surface area is 202 Å². The molecule has 0 aliphatic rings. The molecule has 188 valence electrons. The topological polar surface area (TPSA) is 52.6 Å². The first-order valence-electron chi connectivity index (χ1n) is 13.3. The van der Waals surface area contributed by atoms with Crippen LogP contribution in [0.1, 0.15) is 117 Å². The van der Waals surface area contributed by atoms with Crippen molar-refractivity contribution in [1.82, 2.24) is 0 Å². The van der Waals surface area contributed by atoms with Crippen LogP contribution in [0.15, 0.2) is 30.3 Å². The number of ether oxygens (including phenoxy) is 2. The Bertz CT molecular complexity index is 638. The molecule has 0 heterocycles. The molecule has 1 rings (SSSR count). The normalized spacial score (nSPS) is 12.4. The lowest BCUT2D eigenvalue weighted by atomic mass is 9.72. The molecule has 1 aromatic carbocycles. The van der Waals surface area contributed by atoms with E-state index >= 15 is 0 Å². The first kappa shape index (κ1) is 29.2. The minimum atomic E-state index is -0.572. The molecule has 0 aromatic heterocycles. The van der Waals surface area contributed by atoms with Gasteiger partial charge in [0.25, 0.3) is 0 Å². The first-order chi connectivity index (χ1) is 15.9. The smallest absolute Gasteiger partial charge is 0.310 e. The molecule has 0 aliphatic heterocycles. The number of carbonyl (C=O) groups is 2. The fourth-order valence-corrected chi connectivity index (χ4v) is 4.15. The molecule has 0 N–H and O–H groups in total. The lowest BCUT2D eigenvalue weighted by Crippen LogP contribution is -2.38. The van der Waals surface area contributed by atoms with Crippen molar-refractivity contribution in [2.45, 2.75) is 117 Å². The standard InChI is InChI=1S/C29H48O4/c1-5-7-9-11-13-18-22-32-27(30)24-26(29(3,4)25-20-16-15-17-21-25)28(31)33-23-19-14-12-10-8-6-2/h15-17,20-21,26H,5-14,18-19,22-24H2,1-4H3. The Morgan fingerprint density at radius 1 is 0.727 bits per heavy atom. The van der Waals surface area contributed by atoms with Gasteiger partial charge in [-0.25, -0.2) is 0 Å². The molecular formula is C29H48O4. The van der Waals surface area contributed by atoms with Gasteiger partial charge in [0.1, 0.15) is 0 Å². The molecule has 0 spiro atoms. The Morgan fingerprint density at radius 3 is 1.76 bits per heavy atom. The van der Waals surface area contributed by atoms with Gasteiger partial charge >= 0.3 is 11.9 Å². The highest BCUT2D eigenvalue weighted by molar-refractivity contribution is 5.81. The van der Waals surface area contributed by atoms with Gasteiger partial charge in [0, 0.05) is 5.41 Å². The van der Waals surface area contributed by atoms with Crippen LogP contribution in [0.5, 0.6) is 0 Å². The molecule has 0 radical (unpaired) electrons. The second kappa shape index (κ2) is 17.6. The first-order valence-corrected chi connectivity index (χ1v) is 13.3. The van der Waals surface area contributed by atoms with Crippen molar-refractivity contribution < 1.29 is 19.1 Å². The van der Waals surface area contributed by atoms with E-state index in [1.54, 1.807) is 0 Å². The van der Waals surface area contributed by atoms with Crippen LogP contribution in [0.25, 0.3) is 0 Å². The molecule has 0 amide bonds. The van der Waals surface area contributed by atoms with Crippen LogP contribution in [-0.2, 0) is 24.5 Å². The van der Waals surface area contributed by atoms with Crippen molar-refractivity contribution in [2.24, 2.45) is 5.92 Å². The molecule has 33 heavy (non-hydrogen) atoms. The van der Waals surface area contributed by atoms with Crippen LogP contribution in [0.4, 0.5) is 0 Å². The zero-order chi connectivity index (χ0) is 24.4. The Balaban J connectivity index is 2.61. The number of esters is 2. The van der Waals surface area contributed by atoms with Crippen LogP contribution >= 0.6 is 0 Å². The summed E-state index contributed by atoms with van der Waals surface area (Å²) in [6.45, 7) is 9.28. The van der Waals surface area contributed by atoms with E-state index in [9.17, 15) is 9.59 Å². The molecule has 0 fully saturated rings. The molecule has 4 nitrogen and oxygen atoms in total. The van der Waals surface area contributed by atoms with Crippen molar-refractivity contribution in [3.8, 4) is 0 Å². The fraction of sp³-hybridized carbons (Fsp3) is 0.724. The van der Waals surface area contributed by atoms with Crippen LogP contribution < -0.4 is 0 Å². The van der Waals surface area contributed by atoms with Gasteiger partial charge in [-0.15, -0.1) is 0 Å². The van der Waals surface area contributed by atoms with Gasteiger partial charge in [0.15, 0.2) is 0 Å². The number of carbonyl (C=O) groups excluding carboxylic acids is 2. The lowest BCUT2D eigenvalue weighted by Gasteiger charge is -2.33. The Morgan fingerprint density at radius 2 is 1.21 bits per heavy atom. The summed E-state index contributed by atoms with van der Waals surface area (Å²) in [4.78, 5) is 25.7. The summed E-state index contributed by atoms with van der Waals surface area (Å²) in [6, 6.07) is 9.91. The van der Waals surface area contributed by atoms with E-state index in [0.717, 1.165) is 31.2 Å². The highest BCUT2D eigenvalue weighted by Gasteiger charge is 2.39. The highest BCUT2D eigenvalue weighted by atomic mass is 16.5. The number of unbranched alkanes of at least 4 members (excludes halogenated alkanes) is 10. The second-order valence-electron chi connectivity index (χ2n) is 9.77. The largest absolute Gasteiger partial charge is 0.466 e. The molecule has 0 bridgehead atoms. The maximum atomic E-state index is 13.1. The third kappa shape index (κ3) is 12.3.